The van der Waals surface area contributed by atoms with Gasteiger partial charge in [-0.25, -0.2) is 23.4 Å². The van der Waals surface area contributed by atoms with Crippen molar-refractivity contribution < 1.29 is 13.3 Å². The minimum Gasteiger partial charge on any atom is -0.369 e. The summed E-state index contributed by atoms with van der Waals surface area (Å²) in [6.07, 6.45) is 3.76. The van der Waals surface area contributed by atoms with Crippen LogP contribution in [-0.4, -0.2) is 88.2 Å². The molecule has 3 aromatic rings. The molecule has 3 aliphatic rings. The van der Waals surface area contributed by atoms with Gasteiger partial charge in [0.15, 0.2) is 5.82 Å². The van der Waals surface area contributed by atoms with Crippen molar-refractivity contribution in [1.29, 1.82) is 0 Å². The van der Waals surface area contributed by atoms with Crippen molar-refractivity contribution in [3.8, 4) is 0 Å². The van der Waals surface area contributed by atoms with Gasteiger partial charge in [0.05, 0.1) is 29.8 Å². The van der Waals surface area contributed by atoms with Gasteiger partial charge in [0.25, 0.3) is 0 Å². The molecule has 0 bridgehead atoms. The lowest BCUT2D eigenvalue weighted by atomic mass is 10.0. The number of sulfone groups is 1. The minimum atomic E-state index is -3.01. The van der Waals surface area contributed by atoms with Gasteiger partial charge >= 0.3 is 0 Å². The fraction of sp³-hybridized carbons (Fsp3) is 0.448. The summed E-state index contributed by atoms with van der Waals surface area (Å²) in [4.78, 5) is 22.0. The molecule has 1 aromatic heterocycles. The maximum atomic E-state index is 11.9. The van der Waals surface area contributed by atoms with Gasteiger partial charge < -0.3 is 20.0 Å². The summed E-state index contributed by atoms with van der Waals surface area (Å²) in [7, 11) is -0.850. The van der Waals surface area contributed by atoms with Crippen LogP contribution in [0.5, 0.6) is 0 Å². The zero-order valence-corrected chi connectivity index (χ0v) is 23.9. The van der Waals surface area contributed by atoms with Gasteiger partial charge in [-0.05, 0) is 30.8 Å². The maximum Gasteiger partial charge on any atom is 0.158 e. The number of hydrogen-bond acceptors (Lipinski definition) is 10. The van der Waals surface area contributed by atoms with Crippen LogP contribution in [0.1, 0.15) is 18.0 Å². The van der Waals surface area contributed by atoms with Gasteiger partial charge in [0.1, 0.15) is 22.0 Å². The van der Waals surface area contributed by atoms with Gasteiger partial charge in [-0.1, -0.05) is 30.3 Å². The molecular formula is C29H37N7O3S. The van der Waals surface area contributed by atoms with Crippen LogP contribution in [0.25, 0.3) is 0 Å². The molecule has 3 saturated heterocycles. The average molecular weight is 564 g/mol. The van der Waals surface area contributed by atoms with Gasteiger partial charge in [0.2, 0.25) is 0 Å². The lowest BCUT2D eigenvalue weighted by Crippen LogP contribution is -2.50. The molecule has 11 heteroatoms. The molecule has 1 atom stereocenters. The first-order valence-electron chi connectivity index (χ1n) is 13.9. The van der Waals surface area contributed by atoms with E-state index in [2.05, 4.69) is 67.4 Å². The molecule has 6 rings (SSSR count). The summed E-state index contributed by atoms with van der Waals surface area (Å²) >= 11 is 0. The van der Waals surface area contributed by atoms with E-state index in [1.54, 1.807) is 6.33 Å². The molecule has 0 amide bonds. The van der Waals surface area contributed by atoms with Crippen molar-refractivity contribution in [1.82, 2.24) is 14.9 Å². The van der Waals surface area contributed by atoms with Crippen molar-refractivity contribution in [2.45, 2.75) is 12.5 Å². The zero-order valence-electron chi connectivity index (χ0n) is 23.1. The van der Waals surface area contributed by atoms with Crippen molar-refractivity contribution in [2.75, 3.05) is 85.1 Å². The van der Waals surface area contributed by atoms with E-state index in [1.165, 1.54) is 17.5 Å². The molecule has 1 N–H and O–H groups in total. The molecular weight excluding hydrogens is 526 g/mol. The molecule has 0 spiro atoms. The van der Waals surface area contributed by atoms with E-state index in [-0.39, 0.29) is 17.7 Å². The lowest BCUT2D eigenvalue weighted by Gasteiger charge is -2.42. The smallest absolute Gasteiger partial charge is 0.158 e. The number of benzene rings is 2. The SMILES string of the molecule is CN1CCN(c2ccc(Nc3cc(N4OCC[C@@H]4c4ccccc4)ncn3)c(N3CC(CS(C)(=O)=O)C3)c2)CC1. The normalized spacial score (nSPS) is 20.6. The van der Waals surface area contributed by atoms with Crippen LogP contribution in [0, 0.1) is 5.92 Å². The van der Waals surface area contributed by atoms with Crippen LogP contribution in [0.2, 0.25) is 0 Å². The highest BCUT2D eigenvalue weighted by Gasteiger charge is 2.32. The number of nitrogens with zero attached hydrogens (tertiary/aromatic N) is 6. The highest BCUT2D eigenvalue weighted by molar-refractivity contribution is 7.90. The number of rotatable bonds is 8. The first kappa shape index (κ1) is 26.8. The minimum absolute atomic E-state index is 0.0928. The third-order valence-electron chi connectivity index (χ3n) is 7.92. The molecule has 40 heavy (non-hydrogen) atoms. The van der Waals surface area contributed by atoms with Crippen molar-refractivity contribution in [3.63, 3.8) is 0 Å². The zero-order chi connectivity index (χ0) is 27.7. The van der Waals surface area contributed by atoms with Gasteiger partial charge in [-0.2, -0.15) is 0 Å². The first-order chi connectivity index (χ1) is 19.3. The maximum absolute atomic E-state index is 11.9. The highest BCUT2D eigenvalue weighted by atomic mass is 32.2. The van der Waals surface area contributed by atoms with Crippen LogP contribution >= 0.6 is 0 Å². The van der Waals surface area contributed by atoms with E-state index in [0.717, 1.165) is 44.0 Å². The van der Waals surface area contributed by atoms with Crippen LogP contribution in [0.15, 0.2) is 60.9 Å². The molecule has 0 radical (unpaired) electrons. The predicted octanol–water partition coefficient (Wildman–Crippen LogP) is 3.34. The largest absolute Gasteiger partial charge is 0.369 e. The second-order valence-corrected chi connectivity index (χ2v) is 13.3. The standard InChI is InChI=1S/C29H37N7O3S/c1-33-11-13-34(14-12-33)24-8-9-25(27(16-24)35-18-22(19-35)20-40(2,37)38)32-28-17-29(31-21-30-28)36-26(10-15-39-36)23-6-4-3-5-7-23/h3-9,16-17,21-22,26H,10-15,18-20H2,1-2H3,(H,30,31,32)/t26-/m1/s1. The van der Waals surface area contributed by atoms with Crippen molar-refractivity contribution in [3.05, 3.63) is 66.5 Å². The van der Waals surface area contributed by atoms with E-state index in [1.807, 2.05) is 29.3 Å². The number of piperazine rings is 1. The predicted molar refractivity (Wildman–Crippen MR) is 159 cm³/mol. The Hall–Kier alpha value is -3.41. The van der Waals surface area contributed by atoms with Gasteiger partial charge in [-0.3, -0.25) is 4.84 Å². The summed E-state index contributed by atoms with van der Waals surface area (Å²) in [5, 5.41) is 5.40. The highest BCUT2D eigenvalue weighted by Crippen LogP contribution is 2.38. The number of anilines is 5. The third-order valence-corrected chi connectivity index (χ3v) is 8.99. The molecule has 10 nitrogen and oxygen atoms in total. The Morgan fingerprint density at radius 1 is 0.975 bits per heavy atom. The second-order valence-electron chi connectivity index (χ2n) is 11.1. The Morgan fingerprint density at radius 2 is 1.75 bits per heavy atom. The third kappa shape index (κ3) is 6.01. The van der Waals surface area contributed by atoms with E-state index in [0.29, 0.717) is 31.3 Å². The molecule has 3 aliphatic heterocycles. The van der Waals surface area contributed by atoms with E-state index in [4.69, 9.17) is 4.84 Å². The molecule has 2 aromatic carbocycles. The number of nitrogens with one attached hydrogen (secondary N) is 1. The molecule has 3 fully saturated rings. The summed E-state index contributed by atoms with van der Waals surface area (Å²) < 4.78 is 23.7. The number of hydroxylamine groups is 1. The lowest BCUT2D eigenvalue weighted by molar-refractivity contribution is 0.157. The number of aromatic nitrogens is 2. The Bertz CT molecular complexity index is 1420. The Morgan fingerprint density at radius 3 is 2.50 bits per heavy atom. The Balaban J connectivity index is 1.24. The molecule has 212 valence electrons. The van der Waals surface area contributed by atoms with Crippen molar-refractivity contribution in [2.24, 2.45) is 5.92 Å². The van der Waals surface area contributed by atoms with Gasteiger partial charge in [-0.15, -0.1) is 0 Å². The molecule has 4 heterocycles. The van der Waals surface area contributed by atoms with Crippen LogP contribution < -0.4 is 20.2 Å². The Labute approximate surface area is 236 Å². The van der Waals surface area contributed by atoms with Crippen molar-refractivity contribution >= 4 is 38.5 Å². The van der Waals surface area contributed by atoms with Crippen LogP contribution in [-0.2, 0) is 14.7 Å². The first-order valence-corrected chi connectivity index (χ1v) is 15.9. The van der Waals surface area contributed by atoms with E-state index >= 15 is 0 Å². The number of likely N-dealkylation sites (N-methyl/N-ethyl adjacent to an activating group) is 1. The van der Waals surface area contributed by atoms with Gasteiger partial charge in [0, 0.05) is 69.6 Å². The average Bonchev–Trinajstić information content (AvgIpc) is 3.42. The van der Waals surface area contributed by atoms with E-state index in [9.17, 15) is 8.42 Å². The summed E-state index contributed by atoms with van der Waals surface area (Å²) in [5.41, 5.74) is 4.36. The van der Waals surface area contributed by atoms with E-state index < -0.39 is 9.84 Å². The molecule has 0 saturated carbocycles. The Kier molecular flexibility index (Phi) is 7.52. The van der Waals surface area contributed by atoms with Crippen LogP contribution in [0.4, 0.5) is 28.7 Å². The van der Waals surface area contributed by atoms with Crippen LogP contribution in [0.3, 0.4) is 0 Å². The number of hydrogen-bond donors (Lipinski definition) is 1. The molecule has 0 aliphatic carbocycles. The second kappa shape index (κ2) is 11.2. The molecule has 0 unspecified atom stereocenters. The monoisotopic (exact) mass is 563 g/mol. The summed E-state index contributed by atoms with van der Waals surface area (Å²) in [6.45, 7) is 6.07. The summed E-state index contributed by atoms with van der Waals surface area (Å²) in [5.74, 6) is 1.74. The fourth-order valence-corrected chi connectivity index (χ4v) is 6.86. The topological polar surface area (TPSA) is 94.1 Å². The quantitative estimate of drug-likeness (QED) is 0.440. The fourth-order valence-electron chi connectivity index (χ4n) is 5.80. The summed E-state index contributed by atoms with van der Waals surface area (Å²) in [6, 6.07) is 18.8.